The van der Waals surface area contributed by atoms with E-state index in [0.717, 1.165) is 0 Å². The highest BCUT2D eigenvalue weighted by molar-refractivity contribution is 5.44. The largest absolute Gasteiger partial charge is 0.360 e. The van der Waals surface area contributed by atoms with Gasteiger partial charge in [-0.15, -0.1) is 0 Å². The first kappa shape index (κ1) is 15.7. The van der Waals surface area contributed by atoms with Crippen LogP contribution in [0, 0.1) is 17.1 Å². The molecule has 5 nitrogen and oxygen atoms in total. The zero-order valence-corrected chi connectivity index (χ0v) is 12.7. The van der Waals surface area contributed by atoms with Crippen LogP contribution in [-0.2, 0) is 11.3 Å². The van der Waals surface area contributed by atoms with Gasteiger partial charge in [0.2, 0.25) is 0 Å². The average molecular weight is 292 g/mol. The molecule has 1 aromatic rings. The summed E-state index contributed by atoms with van der Waals surface area (Å²) < 4.78 is 19.9. The van der Waals surface area contributed by atoms with Gasteiger partial charge in [0, 0.05) is 30.4 Å². The molecule has 1 aliphatic rings. The predicted molar refractivity (Wildman–Crippen MR) is 78.4 cm³/mol. The molecule has 0 amide bonds. The van der Waals surface area contributed by atoms with Crippen LogP contribution >= 0.6 is 0 Å². The molecule has 114 valence electrons. The van der Waals surface area contributed by atoms with E-state index in [-0.39, 0.29) is 11.4 Å². The quantitative estimate of drug-likeness (QED) is 0.921. The van der Waals surface area contributed by atoms with Crippen LogP contribution in [0.4, 0.5) is 10.2 Å². The fraction of sp³-hybridized carbons (Fsp3) is 0.600. The molecule has 0 bridgehead atoms. The Hall–Kier alpha value is -1.71. The first-order chi connectivity index (χ1) is 9.90. The summed E-state index contributed by atoms with van der Waals surface area (Å²) in [6.45, 7) is 7.83. The minimum atomic E-state index is -0.531. The van der Waals surface area contributed by atoms with Crippen LogP contribution < -0.4 is 10.2 Å². The van der Waals surface area contributed by atoms with Crippen LogP contribution in [0.1, 0.15) is 26.3 Å². The molecule has 1 unspecified atom stereocenters. The van der Waals surface area contributed by atoms with Crippen molar-refractivity contribution in [2.24, 2.45) is 0 Å². The normalized spacial score (nSPS) is 19.4. The van der Waals surface area contributed by atoms with Gasteiger partial charge in [-0.25, -0.2) is 9.37 Å². The Morgan fingerprint density at radius 3 is 3.00 bits per heavy atom. The maximum Gasteiger partial charge on any atom is 0.170 e. The van der Waals surface area contributed by atoms with E-state index in [0.29, 0.717) is 37.6 Å². The third-order valence-corrected chi connectivity index (χ3v) is 3.27. The molecule has 1 aromatic heterocycles. The van der Waals surface area contributed by atoms with E-state index in [1.807, 2.05) is 20.8 Å². The lowest BCUT2D eigenvalue weighted by Gasteiger charge is -2.31. The van der Waals surface area contributed by atoms with Gasteiger partial charge >= 0.3 is 0 Å². The molecule has 0 aromatic carbocycles. The molecule has 0 spiro atoms. The maximum absolute atomic E-state index is 14.6. The van der Waals surface area contributed by atoms with Crippen molar-refractivity contribution in [3.05, 3.63) is 23.6 Å². The second kappa shape index (κ2) is 6.37. The molecule has 21 heavy (non-hydrogen) atoms. The van der Waals surface area contributed by atoms with Gasteiger partial charge in [-0.2, -0.15) is 5.26 Å². The second-order valence-electron chi connectivity index (χ2n) is 6.15. The van der Waals surface area contributed by atoms with Crippen LogP contribution in [-0.4, -0.2) is 36.3 Å². The number of ether oxygens (including phenoxy) is 1. The molecule has 2 heterocycles. The number of hydrogen-bond acceptors (Lipinski definition) is 5. The van der Waals surface area contributed by atoms with E-state index < -0.39 is 6.10 Å². The van der Waals surface area contributed by atoms with Gasteiger partial charge in [0.15, 0.2) is 17.7 Å². The molecular weight excluding hydrogens is 271 g/mol. The summed E-state index contributed by atoms with van der Waals surface area (Å²) in [5, 5.41) is 12.2. The molecule has 0 radical (unpaired) electrons. The number of aromatic nitrogens is 1. The number of anilines is 1. The average Bonchev–Trinajstić information content (AvgIpc) is 2.45. The Balaban J connectivity index is 2.15. The van der Waals surface area contributed by atoms with Crippen LogP contribution in [0.25, 0.3) is 0 Å². The summed E-state index contributed by atoms with van der Waals surface area (Å²) in [5.41, 5.74) is 0.496. The molecular formula is C15H21FN4O. The Morgan fingerprint density at radius 1 is 1.57 bits per heavy atom. The summed E-state index contributed by atoms with van der Waals surface area (Å²) in [4.78, 5) is 5.91. The minimum Gasteiger partial charge on any atom is -0.360 e. The smallest absolute Gasteiger partial charge is 0.170 e. The predicted octanol–water partition coefficient (Wildman–Crippen LogP) is 1.84. The van der Waals surface area contributed by atoms with Crippen molar-refractivity contribution in [1.29, 1.82) is 5.26 Å². The Bertz CT molecular complexity index is 535. The van der Waals surface area contributed by atoms with Crippen LogP contribution in [0.15, 0.2) is 12.3 Å². The Labute approximate surface area is 124 Å². The summed E-state index contributed by atoms with van der Waals surface area (Å²) in [6, 6.07) is 3.74. The number of halogens is 1. The van der Waals surface area contributed by atoms with Crippen molar-refractivity contribution in [3.8, 4) is 6.07 Å². The van der Waals surface area contributed by atoms with E-state index in [1.54, 1.807) is 17.2 Å². The van der Waals surface area contributed by atoms with Crippen LogP contribution in [0.2, 0.25) is 0 Å². The van der Waals surface area contributed by atoms with E-state index >= 15 is 0 Å². The molecule has 1 saturated heterocycles. The first-order valence-corrected chi connectivity index (χ1v) is 7.05. The maximum atomic E-state index is 14.6. The van der Waals surface area contributed by atoms with Crippen LogP contribution in [0.5, 0.6) is 0 Å². The van der Waals surface area contributed by atoms with Crippen molar-refractivity contribution >= 4 is 5.82 Å². The summed E-state index contributed by atoms with van der Waals surface area (Å²) in [6.07, 6.45) is 1.07. The van der Waals surface area contributed by atoms with Gasteiger partial charge < -0.3 is 15.0 Å². The van der Waals surface area contributed by atoms with Crippen molar-refractivity contribution < 1.29 is 9.13 Å². The SMILES string of the molecule is CC(C)(C)NCc1ccnc(N2CCOC(C#N)C2)c1F. The summed E-state index contributed by atoms with van der Waals surface area (Å²) in [7, 11) is 0. The highest BCUT2D eigenvalue weighted by Gasteiger charge is 2.24. The zero-order chi connectivity index (χ0) is 15.5. The third kappa shape index (κ3) is 4.13. The first-order valence-electron chi connectivity index (χ1n) is 7.05. The summed E-state index contributed by atoms with van der Waals surface area (Å²) in [5.74, 6) is -0.0281. The van der Waals surface area contributed by atoms with Crippen LogP contribution in [0.3, 0.4) is 0 Å². The fourth-order valence-electron chi connectivity index (χ4n) is 2.11. The Kier molecular flexibility index (Phi) is 4.76. The van der Waals surface area contributed by atoms with Crippen molar-refractivity contribution in [3.63, 3.8) is 0 Å². The van der Waals surface area contributed by atoms with E-state index in [4.69, 9.17) is 10.00 Å². The number of rotatable bonds is 3. The summed E-state index contributed by atoms with van der Waals surface area (Å²) >= 11 is 0. The van der Waals surface area contributed by atoms with Gasteiger partial charge in [0.1, 0.15) is 0 Å². The van der Waals surface area contributed by atoms with E-state index in [2.05, 4.69) is 16.4 Å². The van der Waals surface area contributed by atoms with E-state index in [1.165, 1.54) is 0 Å². The van der Waals surface area contributed by atoms with Gasteiger partial charge in [0.05, 0.1) is 19.2 Å². The standard InChI is InChI=1S/C15H21FN4O/c1-15(2,3)19-9-11-4-5-18-14(13(11)16)20-6-7-21-12(8-17)10-20/h4-5,12,19H,6-7,9-10H2,1-3H3. The van der Waals surface area contributed by atoms with Crippen molar-refractivity contribution in [1.82, 2.24) is 10.3 Å². The number of morpholine rings is 1. The third-order valence-electron chi connectivity index (χ3n) is 3.27. The topological polar surface area (TPSA) is 61.2 Å². The monoisotopic (exact) mass is 292 g/mol. The highest BCUT2D eigenvalue weighted by Crippen LogP contribution is 2.22. The minimum absolute atomic E-state index is 0.0826. The van der Waals surface area contributed by atoms with Gasteiger partial charge in [-0.3, -0.25) is 0 Å². The molecule has 1 aliphatic heterocycles. The number of hydrogen-bond donors (Lipinski definition) is 1. The second-order valence-corrected chi connectivity index (χ2v) is 6.15. The van der Waals surface area contributed by atoms with E-state index in [9.17, 15) is 4.39 Å². The molecule has 6 heteroatoms. The molecule has 1 atom stereocenters. The Morgan fingerprint density at radius 2 is 2.33 bits per heavy atom. The number of nitrogens with one attached hydrogen (secondary N) is 1. The number of nitriles is 1. The molecule has 1 fully saturated rings. The van der Waals surface area contributed by atoms with Crippen molar-refractivity contribution in [2.45, 2.75) is 39.0 Å². The highest BCUT2D eigenvalue weighted by atomic mass is 19.1. The van der Waals surface area contributed by atoms with Gasteiger partial charge in [0.25, 0.3) is 0 Å². The molecule has 1 N–H and O–H groups in total. The van der Waals surface area contributed by atoms with Crippen molar-refractivity contribution in [2.75, 3.05) is 24.6 Å². The lowest BCUT2D eigenvalue weighted by atomic mass is 10.1. The molecule has 0 saturated carbocycles. The van der Waals surface area contributed by atoms with Gasteiger partial charge in [-0.1, -0.05) is 0 Å². The number of pyridine rings is 1. The molecule has 2 rings (SSSR count). The molecule has 0 aliphatic carbocycles. The zero-order valence-electron chi connectivity index (χ0n) is 12.7. The lowest BCUT2D eigenvalue weighted by molar-refractivity contribution is 0.0758. The number of nitrogens with zero attached hydrogens (tertiary/aromatic N) is 3. The van der Waals surface area contributed by atoms with Gasteiger partial charge in [-0.05, 0) is 26.8 Å². The lowest BCUT2D eigenvalue weighted by Crippen LogP contribution is -2.43. The fourth-order valence-corrected chi connectivity index (χ4v) is 2.11.